The van der Waals surface area contributed by atoms with Crippen LogP contribution in [-0.2, 0) is 0 Å². The molecule has 11 heavy (non-hydrogen) atoms. The van der Waals surface area contributed by atoms with Crippen LogP contribution in [0.15, 0.2) is 0 Å². The van der Waals surface area contributed by atoms with Crippen LogP contribution in [0, 0.1) is 5.92 Å². The summed E-state index contributed by atoms with van der Waals surface area (Å²) in [6.45, 7) is 4.70. The molecular formula is C9H20OS. The van der Waals surface area contributed by atoms with Gasteiger partial charge >= 0.3 is 0 Å². The van der Waals surface area contributed by atoms with Gasteiger partial charge in [-0.15, -0.1) is 0 Å². The first-order valence-corrected chi connectivity index (χ1v) is 5.69. The van der Waals surface area contributed by atoms with Gasteiger partial charge in [0.15, 0.2) is 0 Å². The predicted octanol–water partition coefficient (Wildman–Crippen LogP) is 2.54. The Balaban J connectivity index is 3.07. The van der Waals surface area contributed by atoms with Crippen LogP contribution in [-0.4, -0.2) is 23.2 Å². The smallest absolute Gasteiger partial charge is 0.0459 e. The lowest BCUT2D eigenvalue weighted by atomic mass is 10.0. The summed E-state index contributed by atoms with van der Waals surface area (Å²) in [6, 6.07) is 0. The molecule has 0 aliphatic carbocycles. The van der Waals surface area contributed by atoms with E-state index in [1.165, 1.54) is 24.3 Å². The summed E-state index contributed by atoms with van der Waals surface area (Å²) >= 11 is 1.99. The third-order valence-corrected chi connectivity index (χ3v) is 2.93. The Morgan fingerprint density at radius 3 is 2.55 bits per heavy atom. The largest absolute Gasteiger partial charge is 0.396 e. The fourth-order valence-electron chi connectivity index (χ4n) is 1.04. The van der Waals surface area contributed by atoms with E-state index >= 15 is 0 Å². The summed E-state index contributed by atoms with van der Waals surface area (Å²) in [6.07, 6.45) is 3.57. The van der Waals surface area contributed by atoms with E-state index in [1.54, 1.807) is 0 Å². The zero-order chi connectivity index (χ0) is 8.53. The lowest BCUT2D eigenvalue weighted by Gasteiger charge is -2.09. The van der Waals surface area contributed by atoms with E-state index in [2.05, 4.69) is 13.8 Å². The maximum absolute atomic E-state index is 8.88. The maximum atomic E-state index is 8.88. The van der Waals surface area contributed by atoms with Crippen molar-refractivity contribution >= 4 is 11.8 Å². The second kappa shape index (κ2) is 8.41. The Labute approximate surface area is 74.6 Å². The first-order chi connectivity index (χ1) is 5.35. The average Bonchev–Trinajstić information content (AvgIpc) is 2.05. The van der Waals surface area contributed by atoms with E-state index in [-0.39, 0.29) is 0 Å². The number of hydrogen-bond donors (Lipinski definition) is 1. The minimum atomic E-state index is 0.368. The van der Waals surface area contributed by atoms with Crippen molar-refractivity contribution in [1.82, 2.24) is 0 Å². The second-order valence-corrected chi connectivity index (χ2v) is 4.19. The van der Waals surface area contributed by atoms with Crippen LogP contribution in [0.2, 0.25) is 0 Å². The first kappa shape index (κ1) is 11.3. The van der Waals surface area contributed by atoms with Gasteiger partial charge < -0.3 is 5.11 Å². The van der Waals surface area contributed by atoms with Gasteiger partial charge in [-0.3, -0.25) is 0 Å². The van der Waals surface area contributed by atoms with Gasteiger partial charge in [0.05, 0.1) is 0 Å². The first-order valence-electron chi connectivity index (χ1n) is 4.53. The number of aliphatic hydroxyl groups excluding tert-OH is 1. The van der Waals surface area contributed by atoms with E-state index < -0.39 is 0 Å². The van der Waals surface area contributed by atoms with Crippen molar-refractivity contribution in [2.75, 3.05) is 18.1 Å². The molecule has 0 fully saturated rings. The number of rotatable bonds is 7. The van der Waals surface area contributed by atoms with Gasteiger partial charge in [0.2, 0.25) is 0 Å². The van der Waals surface area contributed by atoms with Crippen molar-refractivity contribution < 1.29 is 5.11 Å². The summed E-state index contributed by atoms with van der Waals surface area (Å²) in [7, 11) is 0. The van der Waals surface area contributed by atoms with Crippen molar-refractivity contribution in [3.63, 3.8) is 0 Å². The molecule has 0 amide bonds. The summed E-state index contributed by atoms with van der Waals surface area (Å²) < 4.78 is 0. The predicted molar refractivity (Wildman–Crippen MR) is 53.1 cm³/mol. The molecule has 0 aromatic heterocycles. The van der Waals surface area contributed by atoms with Crippen LogP contribution in [0.25, 0.3) is 0 Å². The lowest BCUT2D eigenvalue weighted by Crippen LogP contribution is -2.04. The van der Waals surface area contributed by atoms with Crippen molar-refractivity contribution in [3.8, 4) is 0 Å². The second-order valence-electron chi connectivity index (χ2n) is 2.80. The van der Waals surface area contributed by atoms with Gasteiger partial charge in [-0.1, -0.05) is 20.3 Å². The van der Waals surface area contributed by atoms with Gasteiger partial charge in [0.1, 0.15) is 0 Å². The van der Waals surface area contributed by atoms with Crippen LogP contribution in [0.1, 0.15) is 33.1 Å². The Morgan fingerprint density at radius 1 is 1.36 bits per heavy atom. The van der Waals surface area contributed by atoms with Gasteiger partial charge in [-0.05, 0) is 30.3 Å². The Hall–Kier alpha value is 0.310. The summed E-state index contributed by atoms with van der Waals surface area (Å²) in [5.41, 5.74) is 0. The van der Waals surface area contributed by atoms with Crippen LogP contribution < -0.4 is 0 Å². The summed E-state index contributed by atoms with van der Waals surface area (Å²) in [5, 5.41) is 8.88. The molecule has 0 spiro atoms. The molecule has 0 saturated carbocycles. The van der Waals surface area contributed by atoms with Crippen molar-refractivity contribution in [2.24, 2.45) is 5.92 Å². The minimum absolute atomic E-state index is 0.368. The normalized spacial score (nSPS) is 13.4. The quantitative estimate of drug-likeness (QED) is 0.602. The van der Waals surface area contributed by atoms with Crippen LogP contribution in [0.5, 0.6) is 0 Å². The Bertz CT molecular complexity index is 72.0. The number of thioether (sulfide) groups is 1. The molecule has 0 heterocycles. The van der Waals surface area contributed by atoms with Crippen molar-refractivity contribution in [2.45, 2.75) is 33.1 Å². The van der Waals surface area contributed by atoms with E-state index in [0.29, 0.717) is 12.5 Å². The standard InChI is InChI=1S/C9H20OS/c1-3-9(8-10)6-5-7-11-4-2/h9-10H,3-8H2,1-2H3. The SMILES string of the molecule is CCSCCCC(CC)CO. The van der Waals surface area contributed by atoms with Gasteiger partial charge in [-0.25, -0.2) is 0 Å². The van der Waals surface area contributed by atoms with Gasteiger partial charge in [0.25, 0.3) is 0 Å². The maximum Gasteiger partial charge on any atom is 0.0459 e. The molecule has 68 valence electrons. The third kappa shape index (κ3) is 6.70. The molecule has 0 aliphatic rings. The summed E-state index contributed by atoms with van der Waals surface area (Å²) in [5.74, 6) is 3.02. The highest BCUT2D eigenvalue weighted by Crippen LogP contribution is 2.12. The zero-order valence-electron chi connectivity index (χ0n) is 7.68. The number of hydrogen-bond acceptors (Lipinski definition) is 2. The molecule has 0 rings (SSSR count). The van der Waals surface area contributed by atoms with E-state index in [4.69, 9.17) is 5.11 Å². The Kier molecular flexibility index (Phi) is 8.64. The molecule has 0 aromatic carbocycles. The van der Waals surface area contributed by atoms with Crippen LogP contribution in [0.4, 0.5) is 0 Å². The fourth-order valence-corrected chi connectivity index (χ4v) is 1.70. The van der Waals surface area contributed by atoms with Crippen molar-refractivity contribution in [3.05, 3.63) is 0 Å². The van der Waals surface area contributed by atoms with Crippen molar-refractivity contribution in [1.29, 1.82) is 0 Å². The monoisotopic (exact) mass is 176 g/mol. The molecule has 0 aromatic rings. The lowest BCUT2D eigenvalue weighted by molar-refractivity contribution is 0.214. The number of aliphatic hydroxyl groups is 1. The fraction of sp³-hybridized carbons (Fsp3) is 1.00. The highest BCUT2D eigenvalue weighted by Gasteiger charge is 2.02. The van der Waals surface area contributed by atoms with E-state index in [1.807, 2.05) is 11.8 Å². The topological polar surface area (TPSA) is 20.2 Å². The molecular weight excluding hydrogens is 156 g/mol. The molecule has 1 unspecified atom stereocenters. The van der Waals surface area contributed by atoms with E-state index in [0.717, 1.165) is 6.42 Å². The summed E-state index contributed by atoms with van der Waals surface area (Å²) in [4.78, 5) is 0. The molecule has 0 aliphatic heterocycles. The molecule has 2 heteroatoms. The molecule has 0 saturated heterocycles. The van der Waals surface area contributed by atoms with Crippen LogP contribution in [0.3, 0.4) is 0 Å². The third-order valence-electron chi connectivity index (χ3n) is 1.94. The highest BCUT2D eigenvalue weighted by molar-refractivity contribution is 7.99. The minimum Gasteiger partial charge on any atom is -0.396 e. The molecule has 1 nitrogen and oxygen atoms in total. The van der Waals surface area contributed by atoms with Gasteiger partial charge in [-0.2, -0.15) is 11.8 Å². The van der Waals surface area contributed by atoms with Gasteiger partial charge in [0, 0.05) is 6.61 Å². The zero-order valence-corrected chi connectivity index (χ0v) is 8.49. The molecule has 0 radical (unpaired) electrons. The van der Waals surface area contributed by atoms with Crippen LogP contribution >= 0.6 is 11.8 Å². The Morgan fingerprint density at radius 2 is 2.09 bits per heavy atom. The molecule has 0 bridgehead atoms. The molecule has 1 N–H and O–H groups in total. The highest BCUT2D eigenvalue weighted by atomic mass is 32.2. The molecule has 1 atom stereocenters. The average molecular weight is 176 g/mol. The van der Waals surface area contributed by atoms with E-state index in [9.17, 15) is 0 Å².